The Balaban J connectivity index is 1.89. The van der Waals surface area contributed by atoms with Crippen molar-refractivity contribution in [2.75, 3.05) is 12.4 Å². The summed E-state index contributed by atoms with van der Waals surface area (Å²) >= 11 is 6.04. The summed E-state index contributed by atoms with van der Waals surface area (Å²) in [6, 6.07) is 18.6. The van der Waals surface area contributed by atoms with Crippen molar-refractivity contribution in [2.24, 2.45) is 0 Å². The van der Waals surface area contributed by atoms with Crippen molar-refractivity contribution in [2.45, 2.75) is 27.4 Å². The number of nitriles is 1. The van der Waals surface area contributed by atoms with Crippen molar-refractivity contribution < 1.29 is 14.3 Å². The van der Waals surface area contributed by atoms with E-state index in [0.717, 1.165) is 22.3 Å². The fraction of sp³-hybridized carbons (Fsp3) is 0.185. The van der Waals surface area contributed by atoms with Crippen LogP contribution in [0.3, 0.4) is 0 Å². The van der Waals surface area contributed by atoms with Gasteiger partial charge in [-0.3, -0.25) is 4.79 Å². The van der Waals surface area contributed by atoms with Gasteiger partial charge in [0.05, 0.1) is 7.11 Å². The standard InChI is InChI=1S/C27H25ClN2O3/c1-17-9-18(2)11-20(10-17)16-33-26-14-24(32-4)8-6-21(26)12-22(15-29)27(31)30-25-13-23(28)7-5-19(25)3/h5-14H,16H2,1-4H3,(H,30,31)/b22-12+. The smallest absolute Gasteiger partial charge is 0.266 e. The Morgan fingerprint density at radius 1 is 1.06 bits per heavy atom. The van der Waals surface area contributed by atoms with Gasteiger partial charge in [0, 0.05) is 22.3 Å². The number of nitrogens with zero attached hydrogens (tertiary/aromatic N) is 1. The molecule has 0 fully saturated rings. The SMILES string of the molecule is COc1ccc(/C=C(\C#N)C(=O)Nc2cc(Cl)ccc2C)c(OCc2cc(C)cc(C)c2)c1. The maximum atomic E-state index is 12.8. The Hall–Kier alpha value is -3.75. The molecule has 0 atom stereocenters. The third-order valence-corrected chi connectivity index (χ3v) is 5.24. The van der Waals surface area contributed by atoms with Crippen LogP contribution in [0, 0.1) is 32.1 Å². The average Bonchev–Trinajstić information content (AvgIpc) is 2.78. The van der Waals surface area contributed by atoms with Crippen LogP contribution in [0.2, 0.25) is 5.02 Å². The molecule has 0 saturated carbocycles. The fourth-order valence-corrected chi connectivity index (χ4v) is 3.59. The van der Waals surface area contributed by atoms with Gasteiger partial charge in [0.1, 0.15) is 29.7 Å². The molecule has 1 amide bonds. The van der Waals surface area contributed by atoms with E-state index in [0.29, 0.717) is 34.4 Å². The monoisotopic (exact) mass is 460 g/mol. The van der Waals surface area contributed by atoms with Crippen molar-refractivity contribution in [3.05, 3.63) is 93.0 Å². The van der Waals surface area contributed by atoms with Gasteiger partial charge in [0.2, 0.25) is 0 Å². The van der Waals surface area contributed by atoms with Gasteiger partial charge in [0.15, 0.2) is 0 Å². The molecule has 1 N–H and O–H groups in total. The van der Waals surface area contributed by atoms with E-state index >= 15 is 0 Å². The lowest BCUT2D eigenvalue weighted by Crippen LogP contribution is -2.14. The number of aryl methyl sites for hydroxylation is 3. The molecule has 3 rings (SSSR count). The molecule has 0 radical (unpaired) electrons. The minimum Gasteiger partial charge on any atom is -0.497 e. The van der Waals surface area contributed by atoms with E-state index in [1.54, 1.807) is 43.5 Å². The Labute approximate surface area is 199 Å². The zero-order valence-corrected chi connectivity index (χ0v) is 19.8. The number of halogens is 1. The number of methoxy groups -OCH3 is 1. The molecule has 0 aliphatic rings. The number of hydrogen-bond donors (Lipinski definition) is 1. The molecule has 0 bridgehead atoms. The lowest BCUT2D eigenvalue weighted by Gasteiger charge is -2.13. The van der Waals surface area contributed by atoms with Crippen molar-refractivity contribution in [3.63, 3.8) is 0 Å². The lowest BCUT2D eigenvalue weighted by molar-refractivity contribution is -0.112. The van der Waals surface area contributed by atoms with Crippen molar-refractivity contribution >= 4 is 29.3 Å². The highest BCUT2D eigenvalue weighted by Gasteiger charge is 2.14. The van der Waals surface area contributed by atoms with Crippen LogP contribution in [0.1, 0.15) is 27.8 Å². The summed E-state index contributed by atoms with van der Waals surface area (Å²) in [4.78, 5) is 12.8. The van der Waals surface area contributed by atoms with Gasteiger partial charge >= 0.3 is 0 Å². The van der Waals surface area contributed by atoms with Crippen LogP contribution >= 0.6 is 11.6 Å². The minimum atomic E-state index is -0.529. The summed E-state index contributed by atoms with van der Waals surface area (Å²) in [7, 11) is 1.57. The predicted octanol–water partition coefficient (Wildman–Crippen LogP) is 6.40. The summed E-state index contributed by atoms with van der Waals surface area (Å²) in [6.07, 6.45) is 1.51. The van der Waals surface area contributed by atoms with E-state index in [1.807, 2.05) is 26.8 Å². The Bertz CT molecular complexity index is 1240. The van der Waals surface area contributed by atoms with E-state index in [4.69, 9.17) is 21.1 Å². The maximum Gasteiger partial charge on any atom is 0.266 e. The molecule has 5 nitrogen and oxygen atoms in total. The molecule has 33 heavy (non-hydrogen) atoms. The molecule has 0 aliphatic carbocycles. The topological polar surface area (TPSA) is 71.3 Å². The predicted molar refractivity (Wildman–Crippen MR) is 132 cm³/mol. The first-order chi connectivity index (χ1) is 15.8. The fourth-order valence-electron chi connectivity index (χ4n) is 3.42. The highest BCUT2D eigenvalue weighted by atomic mass is 35.5. The van der Waals surface area contributed by atoms with E-state index in [9.17, 15) is 10.1 Å². The van der Waals surface area contributed by atoms with Crippen molar-refractivity contribution in [1.29, 1.82) is 5.26 Å². The third kappa shape index (κ3) is 6.38. The number of anilines is 1. The highest BCUT2D eigenvalue weighted by molar-refractivity contribution is 6.31. The zero-order valence-electron chi connectivity index (χ0n) is 19.0. The van der Waals surface area contributed by atoms with Crippen molar-refractivity contribution in [3.8, 4) is 17.6 Å². The largest absolute Gasteiger partial charge is 0.497 e. The summed E-state index contributed by atoms with van der Waals surface area (Å²) in [5, 5.41) is 12.9. The van der Waals surface area contributed by atoms with Crippen molar-refractivity contribution in [1.82, 2.24) is 0 Å². The van der Waals surface area contributed by atoms with Crippen LogP contribution in [0.4, 0.5) is 5.69 Å². The van der Waals surface area contributed by atoms with Crippen LogP contribution in [0.25, 0.3) is 6.08 Å². The Morgan fingerprint density at radius 2 is 1.79 bits per heavy atom. The number of benzene rings is 3. The average molecular weight is 461 g/mol. The summed E-state index contributed by atoms with van der Waals surface area (Å²) in [6.45, 7) is 6.27. The number of ether oxygens (including phenoxy) is 2. The zero-order chi connectivity index (χ0) is 24.0. The molecule has 0 aromatic heterocycles. The molecule has 6 heteroatoms. The molecule has 0 unspecified atom stereocenters. The lowest BCUT2D eigenvalue weighted by atomic mass is 10.1. The number of hydrogen-bond acceptors (Lipinski definition) is 4. The van der Waals surface area contributed by atoms with Crippen LogP contribution < -0.4 is 14.8 Å². The number of amides is 1. The number of nitrogens with one attached hydrogen (secondary N) is 1. The quantitative estimate of drug-likeness (QED) is 0.327. The second-order valence-electron chi connectivity index (χ2n) is 7.77. The number of carbonyl (C=O) groups excluding carboxylic acids is 1. The molecular weight excluding hydrogens is 436 g/mol. The van der Waals surface area contributed by atoms with Crippen LogP contribution in [0.5, 0.6) is 11.5 Å². The van der Waals surface area contributed by atoms with Gasteiger partial charge < -0.3 is 14.8 Å². The second-order valence-corrected chi connectivity index (χ2v) is 8.21. The Kier molecular flexibility index (Phi) is 7.76. The molecule has 168 valence electrons. The summed E-state index contributed by atoms with van der Waals surface area (Å²) in [5.74, 6) is 0.590. The van der Waals surface area contributed by atoms with E-state index in [-0.39, 0.29) is 5.57 Å². The first kappa shape index (κ1) is 23.9. The second kappa shape index (κ2) is 10.7. The molecule has 3 aromatic carbocycles. The van der Waals surface area contributed by atoms with Gasteiger partial charge in [-0.15, -0.1) is 0 Å². The first-order valence-electron chi connectivity index (χ1n) is 10.4. The normalized spacial score (nSPS) is 11.0. The molecule has 0 spiro atoms. The molecule has 0 saturated heterocycles. The van der Waals surface area contributed by atoms with E-state index in [1.165, 1.54) is 6.08 Å². The van der Waals surface area contributed by atoms with Gasteiger partial charge in [-0.1, -0.05) is 47.0 Å². The molecule has 3 aromatic rings. The number of rotatable bonds is 7. The van der Waals surface area contributed by atoms with Gasteiger partial charge in [-0.25, -0.2) is 0 Å². The van der Waals surface area contributed by atoms with Crippen LogP contribution in [0.15, 0.2) is 60.2 Å². The van der Waals surface area contributed by atoms with E-state index in [2.05, 4.69) is 23.5 Å². The molecular formula is C27H25ClN2O3. The number of carbonyl (C=O) groups is 1. The van der Waals surface area contributed by atoms with Gasteiger partial charge in [-0.05, 0) is 62.2 Å². The third-order valence-electron chi connectivity index (χ3n) is 5.01. The maximum absolute atomic E-state index is 12.8. The molecule has 0 aliphatic heterocycles. The van der Waals surface area contributed by atoms with Crippen LogP contribution in [-0.4, -0.2) is 13.0 Å². The molecule has 0 heterocycles. The van der Waals surface area contributed by atoms with Gasteiger partial charge in [0.25, 0.3) is 5.91 Å². The minimum absolute atomic E-state index is 0.0595. The van der Waals surface area contributed by atoms with Gasteiger partial charge in [-0.2, -0.15) is 5.26 Å². The highest BCUT2D eigenvalue weighted by Crippen LogP contribution is 2.28. The Morgan fingerprint density at radius 3 is 2.45 bits per heavy atom. The van der Waals surface area contributed by atoms with Crippen LogP contribution in [-0.2, 0) is 11.4 Å². The summed E-state index contributed by atoms with van der Waals surface area (Å²) in [5.41, 5.74) is 5.25. The van der Waals surface area contributed by atoms with E-state index < -0.39 is 5.91 Å². The summed E-state index contributed by atoms with van der Waals surface area (Å²) < 4.78 is 11.4. The first-order valence-corrected chi connectivity index (χ1v) is 10.7.